The fraction of sp³-hybridized carbons (Fsp3) is 0.188. The summed E-state index contributed by atoms with van der Waals surface area (Å²) >= 11 is 0. The SMILES string of the molecule is CC(C)c1ccccc1Nc1c(F)cccc1C(=O)O. The van der Waals surface area contributed by atoms with E-state index in [4.69, 9.17) is 5.11 Å². The fourth-order valence-corrected chi connectivity index (χ4v) is 2.08. The molecule has 0 bridgehead atoms. The van der Waals surface area contributed by atoms with Gasteiger partial charge in [-0.1, -0.05) is 38.1 Å². The molecule has 2 aromatic carbocycles. The van der Waals surface area contributed by atoms with Crippen LogP contribution in [0.15, 0.2) is 42.5 Å². The van der Waals surface area contributed by atoms with Crippen LogP contribution in [0.1, 0.15) is 35.7 Å². The summed E-state index contributed by atoms with van der Waals surface area (Å²) in [5.74, 6) is -1.49. The Balaban J connectivity index is 2.48. The summed E-state index contributed by atoms with van der Waals surface area (Å²) in [6.45, 7) is 4.06. The molecule has 0 spiro atoms. The first-order valence-electron chi connectivity index (χ1n) is 6.38. The van der Waals surface area contributed by atoms with E-state index in [9.17, 15) is 9.18 Å². The molecular formula is C16H16FNO2. The van der Waals surface area contributed by atoms with E-state index in [0.29, 0.717) is 0 Å². The number of carboxylic acids is 1. The number of aromatic carboxylic acids is 1. The Hall–Kier alpha value is -2.36. The highest BCUT2D eigenvalue weighted by Crippen LogP contribution is 2.30. The van der Waals surface area contributed by atoms with Crippen LogP contribution in [0.25, 0.3) is 0 Å². The van der Waals surface area contributed by atoms with Crippen LogP contribution >= 0.6 is 0 Å². The Morgan fingerprint density at radius 3 is 2.50 bits per heavy atom. The third-order valence-corrected chi connectivity index (χ3v) is 3.09. The topological polar surface area (TPSA) is 49.3 Å². The molecule has 2 aromatic rings. The van der Waals surface area contributed by atoms with Crippen molar-refractivity contribution in [2.75, 3.05) is 5.32 Å². The van der Waals surface area contributed by atoms with Crippen LogP contribution in [0.3, 0.4) is 0 Å². The van der Waals surface area contributed by atoms with E-state index in [0.717, 1.165) is 11.3 Å². The summed E-state index contributed by atoms with van der Waals surface area (Å²) in [5.41, 5.74) is 1.64. The molecule has 2 N–H and O–H groups in total. The van der Waals surface area contributed by atoms with Gasteiger partial charge in [0.15, 0.2) is 0 Å². The number of halogens is 1. The molecular weight excluding hydrogens is 257 g/mol. The quantitative estimate of drug-likeness (QED) is 0.868. The molecule has 0 unspecified atom stereocenters. The van der Waals surface area contributed by atoms with Crippen LogP contribution in [0, 0.1) is 5.82 Å². The molecule has 0 aliphatic rings. The van der Waals surface area contributed by atoms with Gasteiger partial charge in [0.05, 0.1) is 11.3 Å². The standard InChI is InChI=1S/C16H16FNO2/c1-10(2)11-6-3-4-9-14(11)18-15-12(16(19)20)7-5-8-13(15)17/h3-10,18H,1-2H3,(H,19,20). The molecule has 4 heteroatoms. The van der Waals surface area contributed by atoms with Crippen molar-refractivity contribution in [3.63, 3.8) is 0 Å². The molecule has 0 fully saturated rings. The summed E-state index contributed by atoms with van der Waals surface area (Å²) in [6, 6.07) is 11.5. The van der Waals surface area contributed by atoms with Gasteiger partial charge >= 0.3 is 5.97 Å². The Morgan fingerprint density at radius 2 is 1.85 bits per heavy atom. The maximum atomic E-state index is 13.9. The van der Waals surface area contributed by atoms with Crippen molar-refractivity contribution in [1.82, 2.24) is 0 Å². The highest BCUT2D eigenvalue weighted by molar-refractivity contribution is 5.95. The zero-order valence-electron chi connectivity index (χ0n) is 11.4. The van der Waals surface area contributed by atoms with Crippen LogP contribution in [-0.4, -0.2) is 11.1 Å². The highest BCUT2D eigenvalue weighted by atomic mass is 19.1. The largest absolute Gasteiger partial charge is 0.478 e. The predicted octanol–water partition coefficient (Wildman–Crippen LogP) is 4.39. The van der Waals surface area contributed by atoms with Crippen molar-refractivity contribution < 1.29 is 14.3 Å². The maximum absolute atomic E-state index is 13.9. The number of hydrogen-bond donors (Lipinski definition) is 2. The summed E-state index contributed by atoms with van der Waals surface area (Å²) in [6.07, 6.45) is 0. The molecule has 0 aromatic heterocycles. The van der Waals surface area contributed by atoms with E-state index in [2.05, 4.69) is 5.32 Å². The Kier molecular flexibility index (Phi) is 4.03. The predicted molar refractivity (Wildman–Crippen MR) is 77.2 cm³/mol. The molecule has 0 saturated heterocycles. The number of carbonyl (C=O) groups is 1. The molecule has 0 aliphatic heterocycles. The van der Waals surface area contributed by atoms with Gasteiger partial charge in [-0.25, -0.2) is 9.18 Å². The lowest BCUT2D eigenvalue weighted by atomic mass is 10.0. The van der Waals surface area contributed by atoms with Gasteiger partial charge in [-0.15, -0.1) is 0 Å². The van der Waals surface area contributed by atoms with Crippen molar-refractivity contribution in [2.24, 2.45) is 0 Å². The number of benzene rings is 2. The van der Waals surface area contributed by atoms with Crippen LogP contribution in [0.2, 0.25) is 0 Å². The van der Waals surface area contributed by atoms with Crippen LogP contribution < -0.4 is 5.32 Å². The molecule has 3 nitrogen and oxygen atoms in total. The number of carboxylic acid groups (broad SMARTS) is 1. The number of nitrogens with one attached hydrogen (secondary N) is 1. The van der Waals surface area contributed by atoms with Gasteiger partial charge < -0.3 is 10.4 Å². The van der Waals surface area contributed by atoms with Gasteiger partial charge in [-0.05, 0) is 29.7 Å². The monoisotopic (exact) mass is 273 g/mol. The normalized spacial score (nSPS) is 10.6. The molecule has 0 aliphatic carbocycles. The molecule has 0 radical (unpaired) electrons. The van der Waals surface area contributed by atoms with E-state index < -0.39 is 11.8 Å². The first kappa shape index (κ1) is 14.1. The van der Waals surface area contributed by atoms with Gasteiger partial charge in [0.2, 0.25) is 0 Å². The smallest absolute Gasteiger partial charge is 0.337 e. The molecule has 0 amide bonds. The molecule has 0 heterocycles. The lowest BCUT2D eigenvalue weighted by Crippen LogP contribution is -2.06. The average molecular weight is 273 g/mol. The minimum Gasteiger partial charge on any atom is -0.478 e. The molecule has 20 heavy (non-hydrogen) atoms. The molecule has 0 saturated carbocycles. The Bertz CT molecular complexity index is 638. The molecule has 0 atom stereocenters. The van der Waals surface area contributed by atoms with Gasteiger partial charge in [-0.3, -0.25) is 0 Å². The third-order valence-electron chi connectivity index (χ3n) is 3.09. The van der Waals surface area contributed by atoms with Crippen LogP contribution in [0.5, 0.6) is 0 Å². The summed E-state index contributed by atoms with van der Waals surface area (Å²) in [7, 11) is 0. The van der Waals surface area contributed by atoms with Crippen molar-refractivity contribution >= 4 is 17.3 Å². The second-order valence-corrected chi connectivity index (χ2v) is 4.83. The van der Waals surface area contributed by atoms with Gasteiger partial charge in [-0.2, -0.15) is 0 Å². The number of para-hydroxylation sites is 2. The van der Waals surface area contributed by atoms with E-state index in [1.165, 1.54) is 18.2 Å². The lowest BCUT2D eigenvalue weighted by Gasteiger charge is -2.16. The van der Waals surface area contributed by atoms with E-state index >= 15 is 0 Å². The minimum absolute atomic E-state index is 0.00639. The first-order valence-corrected chi connectivity index (χ1v) is 6.38. The number of rotatable bonds is 4. The number of hydrogen-bond acceptors (Lipinski definition) is 2. The third kappa shape index (κ3) is 2.79. The van der Waals surface area contributed by atoms with Gasteiger partial charge in [0, 0.05) is 5.69 Å². The summed E-state index contributed by atoms with van der Waals surface area (Å²) in [5, 5.41) is 12.1. The Morgan fingerprint density at radius 1 is 1.15 bits per heavy atom. The van der Waals surface area contributed by atoms with E-state index in [-0.39, 0.29) is 17.2 Å². The maximum Gasteiger partial charge on any atom is 0.337 e. The summed E-state index contributed by atoms with van der Waals surface area (Å²) < 4.78 is 13.9. The van der Waals surface area contributed by atoms with Crippen LogP contribution in [-0.2, 0) is 0 Å². The second kappa shape index (κ2) is 5.74. The van der Waals surface area contributed by atoms with Gasteiger partial charge in [0.1, 0.15) is 5.82 Å². The van der Waals surface area contributed by atoms with E-state index in [1.54, 1.807) is 0 Å². The highest BCUT2D eigenvalue weighted by Gasteiger charge is 2.16. The molecule has 104 valence electrons. The zero-order chi connectivity index (χ0) is 14.7. The van der Waals surface area contributed by atoms with Gasteiger partial charge in [0.25, 0.3) is 0 Å². The Labute approximate surface area is 117 Å². The van der Waals surface area contributed by atoms with Crippen molar-refractivity contribution in [3.8, 4) is 0 Å². The van der Waals surface area contributed by atoms with Crippen molar-refractivity contribution in [1.29, 1.82) is 0 Å². The van der Waals surface area contributed by atoms with Crippen LogP contribution in [0.4, 0.5) is 15.8 Å². The minimum atomic E-state index is -1.16. The molecule has 2 rings (SSSR count). The zero-order valence-corrected chi connectivity index (χ0v) is 11.4. The fourth-order valence-electron chi connectivity index (χ4n) is 2.08. The van der Waals surface area contributed by atoms with E-state index in [1.807, 2.05) is 38.1 Å². The number of anilines is 2. The second-order valence-electron chi connectivity index (χ2n) is 4.83. The summed E-state index contributed by atoms with van der Waals surface area (Å²) in [4.78, 5) is 11.2. The van der Waals surface area contributed by atoms with Crippen molar-refractivity contribution in [2.45, 2.75) is 19.8 Å². The average Bonchev–Trinajstić information content (AvgIpc) is 2.41. The van der Waals surface area contributed by atoms with Crippen molar-refractivity contribution in [3.05, 3.63) is 59.4 Å². The first-order chi connectivity index (χ1) is 9.50. The lowest BCUT2D eigenvalue weighted by molar-refractivity contribution is 0.0697.